The van der Waals surface area contributed by atoms with Crippen LogP contribution in [0.25, 0.3) is 22.6 Å². The van der Waals surface area contributed by atoms with Gasteiger partial charge in [-0.3, -0.25) is 4.79 Å². The number of rotatable bonds is 6. The first-order chi connectivity index (χ1) is 13.6. The van der Waals surface area contributed by atoms with Gasteiger partial charge in [0, 0.05) is 18.2 Å². The number of carbonyl (C=O) groups is 1. The lowest BCUT2D eigenvalue weighted by Crippen LogP contribution is -2.13. The Morgan fingerprint density at radius 2 is 1.96 bits per heavy atom. The fraction of sp³-hybridized carbons (Fsp3) is 0.158. The normalized spacial score (nSPS) is 10.9. The number of methoxy groups -OCH3 is 1. The Kier molecular flexibility index (Phi) is 4.98. The molecule has 0 aliphatic rings. The molecular formula is C19H16N4O4S. The average molecular weight is 396 g/mol. The monoisotopic (exact) mass is 396 g/mol. The summed E-state index contributed by atoms with van der Waals surface area (Å²) in [7, 11) is 1.60. The lowest BCUT2D eigenvalue weighted by Gasteiger charge is -2.03. The summed E-state index contributed by atoms with van der Waals surface area (Å²) in [6.45, 7) is 1.78. The van der Waals surface area contributed by atoms with Crippen molar-refractivity contribution in [2.45, 2.75) is 12.1 Å². The van der Waals surface area contributed by atoms with Crippen LogP contribution >= 0.6 is 11.8 Å². The van der Waals surface area contributed by atoms with Gasteiger partial charge in [-0.1, -0.05) is 11.8 Å². The largest absolute Gasteiger partial charge is 0.497 e. The molecule has 2 heterocycles. The van der Waals surface area contributed by atoms with Crippen LogP contribution < -0.4 is 10.1 Å². The number of oxazole rings is 1. The number of aryl methyl sites for hydroxylation is 1. The smallest absolute Gasteiger partial charge is 0.277 e. The van der Waals surface area contributed by atoms with Gasteiger partial charge in [-0.15, -0.1) is 10.2 Å². The van der Waals surface area contributed by atoms with Crippen LogP contribution in [0.5, 0.6) is 5.75 Å². The zero-order valence-electron chi connectivity index (χ0n) is 15.1. The molecule has 4 aromatic rings. The summed E-state index contributed by atoms with van der Waals surface area (Å²) in [6.07, 6.45) is 0. The predicted molar refractivity (Wildman–Crippen MR) is 104 cm³/mol. The fourth-order valence-corrected chi connectivity index (χ4v) is 3.13. The van der Waals surface area contributed by atoms with Gasteiger partial charge in [-0.2, -0.15) is 0 Å². The molecular weight excluding hydrogens is 380 g/mol. The van der Waals surface area contributed by atoms with E-state index in [1.54, 1.807) is 32.2 Å². The van der Waals surface area contributed by atoms with E-state index in [0.717, 1.165) is 11.3 Å². The topological polar surface area (TPSA) is 103 Å². The number of carbonyl (C=O) groups excluding carboxylic acids is 1. The highest BCUT2D eigenvalue weighted by molar-refractivity contribution is 7.99. The van der Waals surface area contributed by atoms with Crippen molar-refractivity contribution in [2.75, 3.05) is 18.2 Å². The predicted octanol–water partition coefficient (Wildman–Crippen LogP) is 3.93. The van der Waals surface area contributed by atoms with Crippen LogP contribution in [0.3, 0.4) is 0 Å². The summed E-state index contributed by atoms with van der Waals surface area (Å²) < 4.78 is 16.1. The van der Waals surface area contributed by atoms with Crippen molar-refractivity contribution in [3.05, 3.63) is 48.4 Å². The molecule has 0 unspecified atom stereocenters. The van der Waals surface area contributed by atoms with Crippen molar-refractivity contribution in [3.63, 3.8) is 0 Å². The van der Waals surface area contributed by atoms with Crippen LogP contribution in [0.4, 0.5) is 5.69 Å². The number of nitrogens with one attached hydrogen (secondary N) is 1. The first-order valence-corrected chi connectivity index (χ1v) is 9.37. The van der Waals surface area contributed by atoms with Crippen LogP contribution in [0.2, 0.25) is 0 Å². The molecule has 142 valence electrons. The maximum absolute atomic E-state index is 12.2. The molecule has 9 heteroatoms. The molecule has 0 aliphatic heterocycles. The molecule has 2 aromatic carbocycles. The summed E-state index contributed by atoms with van der Waals surface area (Å²) in [5.41, 5.74) is 2.81. The molecule has 0 saturated carbocycles. The van der Waals surface area contributed by atoms with E-state index in [0.29, 0.717) is 33.8 Å². The molecule has 28 heavy (non-hydrogen) atoms. The van der Waals surface area contributed by atoms with Crippen molar-refractivity contribution in [1.82, 2.24) is 15.2 Å². The van der Waals surface area contributed by atoms with Crippen molar-refractivity contribution in [2.24, 2.45) is 0 Å². The van der Waals surface area contributed by atoms with Crippen molar-refractivity contribution in [1.29, 1.82) is 0 Å². The molecule has 4 rings (SSSR count). The Labute approximate surface area is 164 Å². The first-order valence-electron chi connectivity index (χ1n) is 8.38. The number of amides is 1. The Bertz CT molecular complexity index is 1120. The summed E-state index contributed by atoms with van der Waals surface area (Å²) in [5.74, 6) is 1.66. The molecule has 0 fully saturated rings. The number of thioether (sulfide) groups is 1. The molecule has 2 aromatic heterocycles. The van der Waals surface area contributed by atoms with Crippen molar-refractivity contribution < 1.29 is 18.4 Å². The second-order valence-electron chi connectivity index (χ2n) is 5.85. The van der Waals surface area contributed by atoms with E-state index in [9.17, 15) is 4.79 Å². The SMILES string of the molecule is COc1ccc(-c2nnc(SCC(=O)Nc3ccc4oc(C)nc4c3)o2)cc1. The molecule has 0 bridgehead atoms. The Balaban J connectivity index is 1.35. The standard InChI is InChI=1S/C19H16N4O4S/c1-11-20-15-9-13(5-8-16(15)26-11)21-17(24)10-28-19-23-22-18(27-19)12-3-6-14(25-2)7-4-12/h3-9H,10H2,1-2H3,(H,21,24). The number of fused-ring (bicyclic) bond motifs is 1. The van der Waals surface area contributed by atoms with Crippen molar-refractivity contribution >= 4 is 34.5 Å². The van der Waals surface area contributed by atoms with E-state index in [1.807, 2.05) is 24.3 Å². The number of ether oxygens (including phenoxy) is 1. The number of hydrogen-bond donors (Lipinski definition) is 1. The highest BCUT2D eigenvalue weighted by atomic mass is 32.2. The fourth-order valence-electron chi connectivity index (χ4n) is 2.56. The molecule has 0 saturated heterocycles. The van der Waals surface area contributed by atoms with Gasteiger partial charge in [-0.05, 0) is 42.5 Å². The van der Waals surface area contributed by atoms with Gasteiger partial charge < -0.3 is 18.9 Å². The maximum Gasteiger partial charge on any atom is 0.277 e. The van der Waals surface area contributed by atoms with Crippen LogP contribution in [0.15, 0.2) is 56.5 Å². The summed E-state index contributed by atoms with van der Waals surface area (Å²) in [4.78, 5) is 16.4. The number of aromatic nitrogens is 3. The van der Waals surface area contributed by atoms with E-state index >= 15 is 0 Å². The minimum Gasteiger partial charge on any atom is -0.497 e. The van der Waals surface area contributed by atoms with Gasteiger partial charge in [0.25, 0.3) is 5.22 Å². The van der Waals surface area contributed by atoms with Gasteiger partial charge in [0.15, 0.2) is 11.5 Å². The zero-order valence-corrected chi connectivity index (χ0v) is 15.9. The third-order valence-corrected chi connectivity index (χ3v) is 4.67. The molecule has 0 aliphatic carbocycles. The van der Waals surface area contributed by atoms with Gasteiger partial charge >= 0.3 is 0 Å². The van der Waals surface area contributed by atoms with E-state index in [-0.39, 0.29) is 11.7 Å². The number of anilines is 1. The van der Waals surface area contributed by atoms with E-state index in [4.69, 9.17) is 13.6 Å². The quantitative estimate of drug-likeness (QED) is 0.489. The van der Waals surface area contributed by atoms with Gasteiger partial charge in [0.1, 0.15) is 11.3 Å². The highest BCUT2D eigenvalue weighted by Gasteiger charge is 2.12. The zero-order chi connectivity index (χ0) is 19.5. The van der Waals surface area contributed by atoms with E-state index < -0.39 is 0 Å². The molecule has 0 radical (unpaired) electrons. The highest BCUT2D eigenvalue weighted by Crippen LogP contribution is 2.25. The van der Waals surface area contributed by atoms with Gasteiger partial charge in [0.05, 0.1) is 12.9 Å². The number of hydrogen-bond acceptors (Lipinski definition) is 8. The first kappa shape index (κ1) is 18.1. The molecule has 1 amide bonds. The van der Waals surface area contributed by atoms with Crippen LogP contribution in [0.1, 0.15) is 5.89 Å². The lowest BCUT2D eigenvalue weighted by atomic mass is 10.2. The molecule has 1 N–H and O–H groups in total. The number of benzene rings is 2. The Hall–Kier alpha value is -3.33. The van der Waals surface area contributed by atoms with Crippen LogP contribution in [-0.2, 0) is 4.79 Å². The number of nitrogens with zero attached hydrogens (tertiary/aromatic N) is 3. The minimum atomic E-state index is -0.186. The molecule has 0 spiro atoms. The average Bonchev–Trinajstić information content (AvgIpc) is 3.32. The Morgan fingerprint density at radius 1 is 1.14 bits per heavy atom. The third-order valence-electron chi connectivity index (χ3n) is 3.85. The van der Waals surface area contributed by atoms with Gasteiger partial charge in [0.2, 0.25) is 11.8 Å². The van der Waals surface area contributed by atoms with Crippen LogP contribution in [0, 0.1) is 6.92 Å². The summed E-state index contributed by atoms with van der Waals surface area (Å²) >= 11 is 1.17. The van der Waals surface area contributed by atoms with Crippen LogP contribution in [-0.4, -0.2) is 34.0 Å². The lowest BCUT2D eigenvalue weighted by molar-refractivity contribution is -0.113. The minimum absolute atomic E-state index is 0.139. The Morgan fingerprint density at radius 3 is 2.75 bits per heavy atom. The maximum atomic E-state index is 12.2. The second kappa shape index (κ2) is 7.73. The van der Waals surface area contributed by atoms with E-state index in [2.05, 4.69) is 20.5 Å². The molecule has 8 nitrogen and oxygen atoms in total. The van der Waals surface area contributed by atoms with E-state index in [1.165, 1.54) is 11.8 Å². The third kappa shape index (κ3) is 3.99. The molecule has 0 atom stereocenters. The summed E-state index contributed by atoms with van der Waals surface area (Å²) in [6, 6.07) is 12.6. The van der Waals surface area contributed by atoms with Crippen molar-refractivity contribution in [3.8, 4) is 17.2 Å². The second-order valence-corrected chi connectivity index (χ2v) is 6.78. The van der Waals surface area contributed by atoms with Gasteiger partial charge in [-0.25, -0.2) is 4.98 Å². The summed E-state index contributed by atoms with van der Waals surface area (Å²) in [5, 5.41) is 11.1.